The van der Waals surface area contributed by atoms with Crippen LogP contribution in [0, 0.1) is 5.92 Å². The standard InChI is InChI=1S/C27H36F3N3O/c1-6-10-11-23(19(7-2)8-3)25-24(20(9-4)18-31-5)16-17-32-26(25)33-21-12-14-22(15-13-21)34-27(28,29)30/h9,12-19,23H,6-8,10-11H2,1-5H3,(H,32,33)/b20-9+,31-18?. The van der Waals surface area contributed by atoms with Crippen molar-refractivity contribution in [3.8, 4) is 5.75 Å². The van der Waals surface area contributed by atoms with E-state index in [9.17, 15) is 13.2 Å². The Balaban J connectivity index is 2.58. The zero-order valence-electron chi connectivity index (χ0n) is 20.7. The van der Waals surface area contributed by atoms with Crippen molar-refractivity contribution in [2.75, 3.05) is 12.4 Å². The van der Waals surface area contributed by atoms with Crippen LogP contribution in [0.4, 0.5) is 24.7 Å². The largest absolute Gasteiger partial charge is 0.573 e. The lowest BCUT2D eigenvalue weighted by Crippen LogP contribution is -2.17. The fourth-order valence-electron chi connectivity index (χ4n) is 4.41. The first-order valence-electron chi connectivity index (χ1n) is 12.0. The SMILES string of the molecule is C/C=C(\C=NC)c1ccnc(Nc2ccc(OC(F)(F)F)cc2)c1C(CCCC)C(CC)CC. The second-order valence-electron chi connectivity index (χ2n) is 8.27. The summed E-state index contributed by atoms with van der Waals surface area (Å²) in [6.07, 6.45) is 6.29. The maximum Gasteiger partial charge on any atom is 0.573 e. The second-order valence-corrected chi connectivity index (χ2v) is 8.27. The molecule has 186 valence electrons. The van der Waals surface area contributed by atoms with E-state index in [0.29, 0.717) is 11.6 Å². The molecule has 1 unspecified atom stereocenters. The highest BCUT2D eigenvalue weighted by atomic mass is 19.4. The van der Waals surface area contributed by atoms with Crippen molar-refractivity contribution in [1.82, 2.24) is 4.98 Å². The monoisotopic (exact) mass is 475 g/mol. The van der Waals surface area contributed by atoms with Crippen molar-refractivity contribution in [3.63, 3.8) is 0 Å². The molecule has 0 saturated heterocycles. The van der Waals surface area contributed by atoms with Crippen molar-refractivity contribution in [2.45, 2.75) is 72.1 Å². The third-order valence-corrected chi connectivity index (χ3v) is 6.09. The maximum absolute atomic E-state index is 12.5. The number of aromatic nitrogens is 1. The van der Waals surface area contributed by atoms with E-state index >= 15 is 0 Å². The fraction of sp³-hybridized carbons (Fsp3) is 0.481. The minimum absolute atomic E-state index is 0.256. The first-order valence-corrected chi connectivity index (χ1v) is 12.0. The lowest BCUT2D eigenvalue weighted by Gasteiger charge is -2.30. The van der Waals surface area contributed by atoms with Crippen LogP contribution in [0.25, 0.3) is 5.57 Å². The molecule has 1 aromatic carbocycles. The number of unbranched alkanes of at least 4 members (excludes halogenated alkanes) is 1. The van der Waals surface area contributed by atoms with Gasteiger partial charge in [-0.2, -0.15) is 0 Å². The first-order chi connectivity index (χ1) is 16.3. The molecular formula is C27H36F3N3O. The Hall–Kier alpha value is -2.83. The molecule has 0 aliphatic heterocycles. The number of rotatable bonds is 12. The molecule has 1 heterocycles. The molecule has 0 radical (unpaired) electrons. The van der Waals surface area contributed by atoms with E-state index in [2.05, 4.69) is 40.8 Å². The highest BCUT2D eigenvalue weighted by Gasteiger charge is 2.31. The summed E-state index contributed by atoms with van der Waals surface area (Å²) in [6, 6.07) is 7.77. The second kappa shape index (κ2) is 13.2. The molecule has 2 rings (SSSR count). The molecule has 1 atom stereocenters. The lowest BCUT2D eigenvalue weighted by molar-refractivity contribution is -0.274. The Morgan fingerprint density at radius 1 is 1.12 bits per heavy atom. The van der Waals surface area contributed by atoms with Crippen LogP contribution in [0.5, 0.6) is 5.75 Å². The van der Waals surface area contributed by atoms with Gasteiger partial charge in [0.2, 0.25) is 0 Å². The topological polar surface area (TPSA) is 46.5 Å². The maximum atomic E-state index is 12.5. The van der Waals surface area contributed by atoms with Crippen molar-refractivity contribution < 1.29 is 17.9 Å². The predicted molar refractivity (Wildman–Crippen MR) is 135 cm³/mol. The van der Waals surface area contributed by atoms with Gasteiger partial charge in [0, 0.05) is 30.7 Å². The summed E-state index contributed by atoms with van der Waals surface area (Å²) < 4.78 is 41.6. The molecule has 4 nitrogen and oxygen atoms in total. The number of aliphatic imine (C=N–C) groups is 1. The Kier molecular flexibility index (Phi) is 10.6. The van der Waals surface area contributed by atoms with Crippen molar-refractivity contribution in [2.24, 2.45) is 10.9 Å². The van der Waals surface area contributed by atoms with Crippen LogP contribution in [0.3, 0.4) is 0 Å². The lowest BCUT2D eigenvalue weighted by atomic mass is 9.77. The Morgan fingerprint density at radius 3 is 2.32 bits per heavy atom. The summed E-state index contributed by atoms with van der Waals surface area (Å²) >= 11 is 0. The van der Waals surface area contributed by atoms with Crippen LogP contribution in [0.15, 0.2) is 47.6 Å². The van der Waals surface area contributed by atoms with Crippen LogP contribution in [-0.2, 0) is 0 Å². The zero-order valence-corrected chi connectivity index (χ0v) is 20.7. The average Bonchev–Trinajstić information content (AvgIpc) is 2.81. The van der Waals surface area contributed by atoms with Gasteiger partial charge >= 0.3 is 6.36 Å². The number of ether oxygens (including phenoxy) is 1. The number of alkyl halides is 3. The number of allylic oxidation sites excluding steroid dienone is 2. The molecule has 34 heavy (non-hydrogen) atoms. The third kappa shape index (κ3) is 7.61. The van der Waals surface area contributed by atoms with Crippen molar-refractivity contribution in [3.05, 3.63) is 53.7 Å². The summed E-state index contributed by atoms with van der Waals surface area (Å²) in [7, 11) is 1.75. The van der Waals surface area contributed by atoms with Crippen LogP contribution in [-0.4, -0.2) is 24.6 Å². The fourth-order valence-corrected chi connectivity index (χ4v) is 4.41. The number of hydrogen-bond donors (Lipinski definition) is 1. The van der Waals surface area contributed by atoms with Gasteiger partial charge in [-0.05, 0) is 66.6 Å². The number of halogens is 3. The van der Waals surface area contributed by atoms with Crippen LogP contribution in [0.2, 0.25) is 0 Å². The highest BCUT2D eigenvalue weighted by Crippen LogP contribution is 2.41. The van der Waals surface area contributed by atoms with E-state index in [1.54, 1.807) is 25.4 Å². The molecule has 0 aliphatic carbocycles. The van der Waals surface area contributed by atoms with Gasteiger partial charge in [0.25, 0.3) is 0 Å². The summed E-state index contributed by atoms with van der Waals surface area (Å²) in [6.45, 7) is 8.63. The van der Waals surface area contributed by atoms with Crippen molar-refractivity contribution >= 4 is 23.3 Å². The molecule has 2 aromatic rings. The minimum Gasteiger partial charge on any atom is -0.406 e. The van der Waals surface area contributed by atoms with Gasteiger partial charge in [-0.15, -0.1) is 13.2 Å². The number of anilines is 2. The molecule has 0 aliphatic rings. The van der Waals surface area contributed by atoms with E-state index < -0.39 is 6.36 Å². The third-order valence-electron chi connectivity index (χ3n) is 6.09. The normalized spacial score (nSPS) is 13.5. The minimum atomic E-state index is -4.72. The van der Waals surface area contributed by atoms with E-state index in [4.69, 9.17) is 0 Å². The van der Waals surface area contributed by atoms with Crippen molar-refractivity contribution in [1.29, 1.82) is 0 Å². The first kappa shape index (κ1) is 27.4. The van der Waals surface area contributed by atoms with Gasteiger partial charge in [0.1, 0.15) is 11.6 Å². The number of hydrogen-bond acceptors (Lipinski definition) is 4. The summed E-state index contributed by atoms with van der Waals surface area (Å²) in [5.74, 6) is 1.23. The van der Waals surface area contributed by atoms with Crippen LogP contribution in [0.1, 0.15) is 76.8 Å². The number of pyridine rings is 1. The molecule has 0 amide bonds. The smallest absolute Gasteiger partial charge is 0.406 e. The van der Waals surface area contributed by atoms with Gasteiger partial charge in [-0.3, -0.25) is 4.99 Å². The Morgan fingerprint density at radius 2 is 1.79 bits per heavy atom. The van der Waals surface area contributed by atoms with E-state index in [1.165, 1.54) is 12.1 Å². The zero-order chi connectivity index (χ0) is 25.1. The molecule has 0 bridgehead atoms. The quantitative estimate of drug-likeness (QED) is 0.313. The van der Waals surface area contributed by atoms with Gasteiger partial charge in [-0.1, -0.05) is 52.5 Å². The van der Waals surface area contributed by atoms with E-state index in [1.807, 2.05) is 25.3 Å². The van der Waals surface area contributed by atoms with Gasteiger partial charge in [0.05, 0.1) is 0 Å². The molecule has 0 spiro atoms. The van der Waals surface area contributed by atoms with E-state index in [-0.39, 0.29) is 11.7 Å². The van der Waals surface area contributed by atoms with Gasteiger partial charge < -0.3 is 10.1 Å². The van der Waals surface area contributed by atoms with E-state index in [0.717, 1.165) is 54.6 Å². The Bertz CT molecular complexity index is 949. The number of nitrogens with one attached hydrogen (secondary N) is 1. The molecule has 7 heteroatoms. The highest BCUT2D eigenvalue weighted by molar-refractivity contribution is 6.10. The summed E-state index contributed by atoms with van der Waals surface area (Å²) in [5.41, 5.74) is 3.87. The number of nitrogens with zero attached hydrogens (tertiary/aromatic N) is 2. The van der Waals surface area contributed by atoms with Gasteiger partial charge in [-0.25, -0.2) is 4.98 Å². The van der Waals surface area contributed by atoms with Crippen LogP contribution < -0.4 is 10.1 Å². The predicted octanol–water partition coefficient (Wildman–Crippen LogP) is 8.54. The Labute approximate surface area is 201 Å². The molecule has 1 N–H and O–H groups in total. The summed E-state index contributed by atoms with van der Waals surface area (Å²) in [4.78, 5) is 8.92. The number of benzene rings is 1. The van der Waals surface area contributed by atoms with Gasteiger partial charge in [0.15, 0.2) is 0 Å². The average molecular weight is 476 g/mol. The molecular weight excluding hydrogens is 439 g/mol. The van der Waals surface area contributed by atoms with Crippen LogP contribution >= 0.6 is 0 Å². The summed E-state index contributed by atoms with van der Waals surface area (Å²) in [5, 5.41) is 3.36. The molecule has 0 saturated carbocycles. The molecule has 1 aromatic heterocycles. The molecule has 0 fully saturated rings.